The number of carbonyl (C=O) groups is 2. The van der Waals surface area contributed by atoms with Gasteiger partial charge in [-0.25, -0.2) is 4.99 Å². The second kappa shape index (κ2) is 9.27. The number of thiophene rings is 1. The van der Waals surface area contributed by atoms with Crippen LogP contribution in [0.15, 0.2) is 69.3 Å². The topological polar surface area (TPSA) is 91.7 Å². The molecule has 0 radical (unpaired) electrons. The smallest absolute Gasteiger partial charge is 0.288 e. The number of amides is 2. The van der Waals surface area contributed by atoms with Gasteiger partial charge in [-0.3, -0.25) is 24.3 Å². The number of benzene rings is 1. The molecule has 1 N–H and O–H groups in total. The molecule has 3 aromatic rings. The van der Waals surface area contributed by atoms with Crippen molar-refractivity contribution in [2.45, 2.75) is 19.9 Å². The van der Waals surface area contributed by atoms with Gasteiger partial charge in [0.05, 0.1) is 11.4 Å². The van der Waals surface area contributed by atoms with Crippen molar-refractivity contribution in [3.8, 4) is 0 Å². The number of carbonyl (C=O) groups excluding carboxylic acids is 2. The monoisotopic (exact) mass is 454 g/mol. The Morgan fingerprint density at radius 1 is 1.29 bits per heavy atom. The van der Waals surface area contributed by atoms with Crippen molar-refractivity contribution in [2.24, 2.45) is 4.99 Å². The van der Waals surface area contributed by atoms with Gasteiger partial charge in [0, 0.05) is 4.88 Å². The number of aliphatic imine (C=N–C) groups is 1. The summed E-state index contributed by atoms with van der Waals surface area (Å²) in [5.41, 5.74) is 1.03. The lowest BCUT2D eigenvalue weighted by Gasteiger charge is -2.17. The number of thioether (sulfide) groups is 1. The first-order chi connectivity index (χ1) is 15.0. The van der Waals surface area contributed by atoms with Gasteiger partial charge >= 0.3 is 5.88 Å². The molecule has 0 unspecified atom stereocenters. The van der Waals surface area contributed by atoms with Gasteiger partial charge in [-0.2, -0.15) is 0 Å². The molecule has 0 spiro atoms. The second-order valence-corrected chi connectivity index (χ2v) is 8.81. The maximum absolute atomic E-state index is 13.1. The fourth-order valence-electron chi connectivity index (χ4n) is 2.77. The molecular formula is C21H20N5O3S2+. The van der Waals surface area contributed by atoms with Crippen LogP contribution in [0.25, 0.3) is 6.08 Å². The molecule has 10 heteroatoms. The molecule has 0 bridgehead atoms. The van der Waals surface area contributed by atoms with Gasteiger partial charge in [0.15, 0.2) is 11.2 Å². The lowest BCUT2D eigenvalue weighted by molar-refractivity contribution is -0.779. The number of hydrogen-bond acceptors (Lipinski definition) is 7. The number of hydrogen-bond donors (Lipinski definition) is 1. The highest BCUT2D eigenvalue weighted by atomic mass is 32.2. The number of amidine groups is 1. The number of aromatic nitrogens is 2. The first-order valence-corrected chi connectivity index (χ1v) is 11.4. The van der Waals surface area contributed by atoms with Crippen LogP contribution < -0.4 is 14.9 Å². The lowest BCUT2D eigenvalue weighted by atomic mass is 10.3. The summed E-state index contributed by atoms with van der Waals surface area (Å²) in [5, 5.41) is 8.91. The first kappa shape index (κ1) is 21.0. The van der Waals surface area contributed by atoms with Crippen molar-refractivity contribution in [2.75, 3.05) is 16.0 Å². The van der Waals surface area contributed by atoms with E-state index in [1.165, 1.54) is 28.0 Å². The highest BCUT2D eigenvalue weighted by Gasteiger charge is 2.32. The summed E-state index contributed by atoms with van der Waals surface area (Å²) < 4.78 is 6.73. The van der Waals surface area contributed by atoms with Gasteiger partial charge in [0.25, 0.3) is 12.1 Å². The van der Waals surface area contributed by atoms with Crippen molar-refractivity contribution in [3.63, 3.8) is 0 Å². The van der Waals surface area contributed by atoms with Crippen LogP contribution in [0.2, 0.25) is 0 Å². The minimum Gasteiger partial charge on any atom is -0.288 e. The standard InChI is InChI=1S/C21H19N5O3S2/c1-14(2)25-12-19(29-24-25)23-18(27)13-31-21-22-17(11-16-9-6-10-30-16)20(28)26(21)15-7-4-3-5-8-15/h3-12,14H,13H2,1-2H3/p+1/b17-11+. The van der Waals surface area contributed by atoms with Crippen molar-refractivity contribution >= 4 is 57.7 Å². The summed E-state index contributed by atoms with van der Waals surface area (Å²) in [6, 6.07) is 13.2. The Morgan fingerprint density at radius 2 is 2.10 bits per heavy atom. The summed E-state index contributed by atoms with van der Waals surface area (Å²) in [7, 11) is 0. The fraction of sp³-hybridized carbons (Fsp3) is 0.190. The van der Waals surface area contributed by atoms with Gasteiger partial charge in [0.2, 0.25) is 11.2 Å². The SMILES string of the molecule is CC(C)[n+]1cc(NC(=O)CSC2=N/C(=C/c3cccs3)C(=O)N2c2ccccc2)on1. The molecule has 2 amide bonds. The van der Waals surface area contributed by atoms with E-state index in [9.17, 15) is 9.59 Å². The summed E-state index contributed by atoms with van der Waals surface area (Å²) in [6.07, 6.45) is 3.39. The Balaban J connectivity index is 1.50. The van der Waals surface area contributed by atoms with Crippen molar-refractivity contribution in [1.29, 1.82) is 0 Å². The number of nitrogens with zero attached hydrogens (tertiary/aromatic N) is 4. The Kier molecular flexibility index (Phi) is 6.28. The van der Waals surface area contributed by atoms with Crippen molar-refractivity contribution in [3.05, 3.63) is 64.6 Å². The van der Waals surface area contributed by atoms with Crippen LogP contribution in [0.4, 0.5) is 11.6 Å². The van der Waals surface area contributed by atoms with Crippen LogP contribution in [-0.2, 0) is 9.59 Å². The van der Waals surface area contributed by atoms with E-state index >= 15 is 0 Å². The molecule has 1 aliphatic heterocycles. The number of rotatable bonds is 6. The predicted octanol–water partition coefficient (Wildman–Crippen LogP) is 3.72. The van der Waals surface area contributed by atoms with Gasteiger partial charge < -0.3 is 0 Å². The molecule has 1 aliphatic rings. The molecule has 158 valence electrons. The fourth-order valence-corrected chi connectivity index (χ4v) is 4.23. The Bertz CT molecular complexity index is 1140. The third-order valence-electron chi connectivity index (χ3n) is 4.27. The van der Waals surface area contributed by atoms with Gasteiger partial charge in [-0.05, 0) is 48.2 Å². The van der Waals surface area contributed by atoms with Crippen LogP contribution in [0.1, 0.15) is 24.8 Å². The highest BCUT2D eigenvalue weighted by Crippen LogP contribution is 2.29. The maximum atomic E-state index is 13.1. The van der Waals surface area contributed by atoms with Crippen LogP contribution >= 0.6 is 23.1 Å². The molecule has 3 heterocycles. The second-order valence-electron chi connectivity index (χ2n) is 6.89. The van der Waals surface area contributed by atoms with E-state index in [1.807, 2.05) is 61.7 Å². The summed E-state index contributed by atoms with van der Waals surface area (Å²) in [5.74, 6) is -0.182. The molecular weight excluding hydrogens is 434 g/mol. The summed E-state index contributed by atoms with van der Waals surface area (Å²) in [6.45, 7) is 3.91. The minimum atomic E-state index is -0.282. The highest BCUT2D eigenvalue weighted by molar-refractivity contribution is 8.14. The van der Waals surface area contributed by atoms with Gasteiger partial charge in [-0.1, -0.05) is 36.0 Å². The number of para-hydroxylation sites is 1. The lowest BCUT2D eigenvalue weighted by Crippen LogP contribution is -2.37. The van der Waals surface area contributed by atoms with E-state index in [-0.39, 0.29) is 29.5 Å². The Morgan fingerprint density at radius 3 is 2.77 bits per heavy atom. The average molecular weight is 455 g/mol. The normalized spacial score (nSPS) is 15.1. The van der Waals surface area contributed by atoms with Gasteiger partial charge in [0.1, 0.15) is 5.70 Å². The maximum Gasteiger partial charge on any atom is 0.302 e. The molecule has 8 nitrogen and oxygen atoms in total. The average Bonchev–Trinajstić information content (AvgIpc) is 3.49. The number of nitrogens with one attached hydrogen (secondary N) is 1. The van der Waals surface area contributed by atoms with E-state index in [4.69, 9.17) is 4.52 Å². The van der Waals surface area contributed by atoms with Crippen LogP contribution in [0, 0.1) is 0 Å². The zero-order valence-corrected chi connectivity index (χ0v) is 18.5. The zero-order chi connectivity index (χ0) is 21.8. The Hall–Kier alpha value is -3.24. The van der Waals surface area contributed by atoms with Crippen LogP contribution in [0.5, 0.6) is 0 Å². The quantitative estimate of drug-likeness (QED) is 0.453. The molecule has 0 saturated heterocycles. The van der Waals surface area contributed by atoms with Crippen molar-refractivity contribution < 1.29 is 18.8 Å². The van der Waals surface area contributed by atoms with E-state index in [0.29, 0.717) is 16.6 Å². The summed E-state index contributed by atoms with van der Waals surface area (Å²) >= 11 is 2.71. The molecule has 0 atom stereocenters. The van der Waals surface area contributed by atoms with E-state index in [2.05, 4.69) is 15.6 Å². The molecule has 31 heavy (non-hydrogen) atoms. The Labute approximate surface area is 187 Å². The van der Waals surface area contributed by atoms with Crippen molar-refractivity contribution in [1.82, 2.24) is 5.27 Å². The first-order valence-electron chi connectivity index (χ1n) is 9.55. The molecule has 2 aromatic heterocycles. The molecule has 0 saturated carbocycles. The molecule has 0 aliphatic carbocycles. The molecule has 0 fully saturated rings. The predicted molar refractivity (Wildman–Crippen MR) is 122 cm³/mol. The van der Waals surface area contributed by atoms with Crippen LogP contribution in [-0.4, -0.2) is 28.0 Å². The number of anilines is 2. The zero-order valence-electron chi connectivity index (χ0n) is 16.9. The largest absolute Gasteiger partial charge is 0.302 e. The van der Waals surface area contributed by atoms with Gasteiger partial charge in [-0.15, -0.1) is 11.3 Å². The minimum absolute atomic E-state index is 0.0596. The van der Waals surface area contributed by atoms with E-state index in [0.717, 1.165) is 4.88 Å². The molecule has 4 rings (SSSR count). The third kappa shape index (κ3) is 4.92. The summed E-state index contributed by atoms with van der Waals surface area (Å²) in [4.78, 5) is 32.4. The van der Waals surface area contributed by atoms with Crippen LogP contribution in [0.3, 0.4) is 0 Å². The third-order valence-corrected chi connectivity index (χ3v) is 6.03. The van der Waals surface area contributed by atoms with E-state index < -0.39 is 0 Å². The van der Waals surface area contributed by atoms with E-state index in [1.54, 1.807) is 17.0 Å². The molecule has 1 aromatic carbocycles.